The van der Waals surface area contributed by atoms with E-state index in [4.69, 9.17) is 5.73 Å². The van der Waals surface area contributed by atoms with Gasteiger partial charge in [0.25, 0.3) is 0 Å². The summed E-state index contributed by atoms with van der Waals surface area (Å²) in [4.78, 5) is 4.33. The highest BCUT2D eigenvalue weighted by Gasteiger charge is 2.22. The Bertz CT molecular complexity index is 389. The minimum Gasteiger partial charge on any atom is -0.333 e. The molecule has 2 N–H and O–H groups in total. The van der Waals surface area contributed by atoms with E-state index in [9.17, 15) is 0 Å². The number of imidazole rings is 1. The molecule has 3 nitrogen and oxygen atoms in total. The van der Waals surface area contributed by atoms with Crippen LogP contribution in [0.15, 0.2) is 12.5 Å². The fourth-order valence-corrected chi connectivity index (χ4v) is 3.52. The molecule has 0 radical (unpaired) electrons. The van der Waals surface area contributed by atoms with E-state index in [0.717, 1.165) is 24.8 Å². The highest BCUT2D eigenvalue weighted by molar-refractivity contribution is 5.05. The van der Waals surface area contributed by atoms with Gasteiger partial charge in [0.15, 0.2) is 0 Å². The molecule has 1 aliphatic carbocycles. The summed E-state index contributed by atoms with van der Waals surface area (Å²) in [6, 6.07) is 0.129. The predicted molar refractivity (Wildman–Crippen MR) is 84.3 cm³/mol. The lowest BCUT2D eigenvalue weighted by molar-refractivity contribution is 0.245. The first-order valence-electron chi connectivity index (χ1n) is 8.35. The second-order valence-electron chi connectivity index (χ2n) is 7.00. The summed E-state index contributed by atoms with van der Waals surface area (Å²) >= 11 is 0. The molecular formula is C17H31N3. The van der Waals surface area contributed by atoms with Crippen LogP contribution in [0, 0.1) is 17.8 Å². The van der Waals surface area contributed by atoms with E-state index in [1.807, 2.05) is 12.5 Å². The van der Waals surface area contributed by atoms with Crippen LogP contribution in [-0.2, 0) is 6.54 Å². The van der Waals surface area contributed by atoms with Crippen LogP contribution in [0.25, 0.3) is 0 Å². The molecule has 1 aliphatic rings. The summed E-state index contributed by atoms with van der Waals surface area (Å²) in [5.74, 6) is 2.42. The molecule has 0 saturated heterocycles. The van der Waals surface area contributed by atoms with Gasteiger partial charge in [-0.25, -0.2) is 4.98 Å². The smallest absolute Gasteiger partial charge is 0.0948 e. The summed E-state index contributed by atoms with van der Waals surface area (Å²) in [6.45, 7) is 7.89. The molecule has 114 valence electrons. The number of rotatable bonds is 6. The van der Waals surface area contributed by atoms with Crippen molar-refractivity contribution in [1.29, 1.82) is 0 Å². The lowest BCUT2D eigenvalue weighted by atomic mass is 9.81. The normalized spacial score (nSPS) is 25.1. The van der Waals surface area contributed by atoms with Crippen molar-refractivity contribution in [1.82, 2.24) is 9.55 Å². The van der Waals surface area contributed by atoms with Crippen LogP contribution in [0.1, 0.15) is 71.0 Å². The zero-order chi connectivity index (χ0) is 14.5. The van der Waals surface area contributed by atoms with Crippen molar-refractivity contribution < 1.29 is 0 Å². The summed E-state index contributed by atoms with van der Waals surface area (Å²) < 4.78 is 2.31. The second kappa shape index (κ2) is 7.26. The Labute approximate surface area is 124 Å². The Kier molecular flexibility index (Phi) is 5.64. The molecule has 0 amide bonds. The van der Waals surface area contributed by atoms with Crippen LogP contribution in [0.2, 0.25) is 0 Å². The van der Waals surface area contributed by atoms with Crippen LogP contribution in [0.5, 0.6) is 0 Å². The molecule has 1 heterocycles. The molecule has 1 unspecified atom stereocenters. The van der Waals surface area contributed by atoms with Crippen molar-refractivity contribution >= 4 is 0 Å². The number of hydrogen-bond donors (Lipinski definition) is 1. The van der Waals surface area contributed by atoms with Gasteiger partial charge in [0, 0.05) is 18.8 Å². The topological polar surface area (TPSA) is 43.8 Å². The molecular weight excluding hydrogens is 246 g/mol. The van der Waals surface area contributed by atoms with Crippen molar-refractivity contribution in [3.8, 4) is 0 Å². The minimum atomic E-state index is 0.129. The summed E-state index contributed by atoms with van der Waals surface area (Å²) in [5, 5.41) is 0. The van der Waals surface area contributed by atoms with Crippen molar-refractivity contribution in [2.45, 2.75) is 71.9 Å². The van der Waals surface area contributed by atoms with Gasteiger partial charge in [0.2, 0.25) is 0 Å². The first-order valence-corrected chi connectivity index (χ1v) is 8.35. The zero-order valence-corrected chi connectivity index (χ0v) is 13.4. The minimum absolute atomic E-state index is 0.129. The Morgan fingerprint density at radius 3 is 2.50 bits per heavy atom. The quantitative estimate of drug-likeness (QED) is 0.849. The van der Waals surface area contributed by atoms with Gasteiger partial charge in [0.05, 0.1) is 12.0 Å². The van der Waals surface area contributed by atoms with E-state index in [1.165, 1.54) is 37.8 Å². The Morgan fingerprint density at radius 1 is 1.25 bits per heavy atom. The fourth-order valence-electron chi connectivity index (χ4n) is 3.52. The van der Waals surface area contributed by atoms with Gasteiger partial charge in [-0.15, -0.1) is 0 Å². The van der Waals surface area contributed by atoms with Gasteiger partial charge >= 0.3 is 0 Å². The maximum Gasteiger partial charge on any atom is 0.0948 e. The van der Waals surface area contributed by atoms with E-state index >= 15 is 0 Å². The van der Waals surface area contributed by atoms with E-state index in [0.29, 0.717) is 5.92 Å². The highest BCUT2D eigenvalue weighted by Crippen LogP contribution is 2.32. The van der Waals surface area contributed by atoms with Crippen molar-refractivity contribution in [3.05, 3.63) is 18.2 Å². The Hall–Kier alpha value is -0.830. The highest BCUT2D eigenvalue weighted by atomic mass is 15.1. The van der Waals surface area contributed by atoms with Crippen molar-refractivity contribution in [3.63, 3.8) is 0 Å². The first-order chi connectivity index (χ1) is 9.60. The fraction of sp³-hybridized carbons (Fsp3) is 0.824. The van der Waals surface area contributed by atoms with Gasteiger partial charge in [-0.05, 0) is 37.0 Å². The number of hydrogen-bond acceptors (Lipinski definition) is 2. The van der Waals surface area contributed by atoms with Gasteiger partial charge in [-0.1, -0.05) is 40.0 Å². The molecule has 2 rings (SSSR count). The lowest BCUT2D eigenvalue weighted by Crippen LogP contribution is -2.22. The van der Waals surface area contributed by atoms with Gasteiger partial charge in [-0.3, -0.25) is 0 Å². The van der Waals surface area contributed by atoms with Crippen LogP contribution in [0.4, 0.5) is 0 Å². The lowest BCUT2D eigenvalue weighted by Gasteiger charge is -2.29. The van der Waals surface area contributed by atoms with Crippen molar-refractivity contribution in [2.75, 3.05) is 0 Å². The van der Waals surface area contributed by atoms with Crippen LogP contribution in [-0.4, -0.2) is 9.55 Å². The molecule has 1 atom stereocenters. The van der Waals surface area contributed by atoms with Crippen LogP contribution in [0.3, 0.4) is 0 Å². The average molecular weight is 277 g/mol. The van der Waals surface area contributed by atoms with Crippen LogP contribution < -0.4 is 5.73 Å². The summed E-state index contributed by atoms with van der Waals surface area (Å²) in [5.41, 5.74) is 7.55. The predicted octanol–water partition coefficient (Wildman–Crippen LogP) is 4.15. The molecule has 1 fully saturated rings. The molecule has 20 heavy (non-hydrogen) atoms. The number of nitrogens with zero attached hydrogens (tertiary/aromatic N) is 2. The molecule has 0 aliphatic heterocycles. The third kappa shape index (κ3) is 4.08. The zero-order valence-electron chi connectivity index (χ0n) is 13.4. The number of aromatic nitrogens is 2. The van der Waals surface area contributed by atoms with E-state index in [2.05, 4.69) is 30.3 Å². The summed E-state index contributed by atoms with van der Waals surface area (Å²) in [7, 11) is 0. The SMILES string of the molecule is CCC1CCC(Cn2cncc2C(N)CC(C)C)CC1. The van der Waals surface area contributed by atoms with E-state index in [-0.39, 0.29) is 6.04 Å². The third-order valence-electron chi connectivity index (χ3n) is 4.85. The monoisotopic (exact) mass is 277 g/mol. The molecule has 0 aromatic carbocycles. The van der Waals surface area contributed by atoms with Gasteiger partial charge < -0.3 is 10.3 Å². The third-order valence-corrected chi connectivity index (χ3v) is 4.85. The second-order valence-corrected chi connectivity index (χ2v) is 7.00. The standard InChI is InChI=1S/C17H31N3/c1-4-14-5-7-15(8-6-14)11-20-12-19-10-17(20)16(18)9-13(2)3/h10,12-16H,4-9,11,18H2,1-3H3. The Morgan fingerprint density at radius 2 is 1.90 bits per heavy atom. The maximum atomic E-state index is 6.33. The first kappa shape index (κ1) is 15.6. The molecule has 1 aromatic rings. The van der Waals surface area contributed by atoms with Gasteiger partial charge in [-0.2, -0.15) is 0 Å². The molecule has 3 heteroatoms. The van der Waals surface area contributed by atoms with E-state index < -0.39 is 0 Å². The Balaban J connectivity index is 1.92. The summed E-state index contributed by atoms with van der Waals surface area (Å²) in [6.07, 6.45) is 11.9. The number of nitrogens with two attached hydrogens (primary N) is 1. The van der Waals surface area contributed by atoms with E-state index in [1.54, 1.807) is 0 Å². The van der Waals surface area contributed by atoms with Crippen LogP contribution >= 0.6 is 0 Å². The molecule has 0 spiro atoms. The average Bonchev–Trinajstić information content (AvgIpc) is 2.87. The van der Waals surface area contributed by atoms with Gasteiger partial charge in [0.1, 0.15) is 0 Å². The molecule has 1 aromatic heterocycles. The van der Waals surface area contributed by atoms with Crippen molar-refractivity contribution in [2.24, 2.45) is 23.5 Å². The maximum absolute atomic E-state index is 6.33. The molecule has 1 saturated carbocycles. The largest absolute Gasteiger partial charge is 0.333 e. The molecule has 0 bridgehead atoms.